The molecule has 17 heavy (non-hydrogen) atoms. The fraction of sp³-hybridized carbons (Fsp3) is 1.00. The zero-order chi connectivity index (χ0) is 12.1. The molecule has 0 aromatic rings. The van der Waals surface area contributed by atoms with Gasteiger partial charge in [0, 0.05) is 25.7 Å². The van der Waals surface area contributed by atoms with Crippen molar-refractivity contribution >= 4 is 0 Å². The van der Waals surface area contributed by atoms with E-state index in [0.29, 0.717) is 5.92 Å². The van der Waals surface area contributed by atoms with Crippen LogP contribution in [-0.2, 0) is 4.74 Å². The minimum atomic E-state index is 0.664. The van der Waals surface area contributed by atoms with Crippen molar-refractivity contribution in [1.29, 1.82) is 0 Å². The molecule has 2 aliphatic heterocycles. The Morgan fingerprint density at radius 1 is 1.29 bits per heavy atom. The van der Waals surface area contributed by atoms with Gasteiger partial charge in [-0.1, -0.05) is 6.92 Å². The highest BCUT2D eigenvalue weighted by molar-refractivity contribution is 4.84. The maximum atomic E-state index is 5.66. The molecule has 0 amide bonds. The minimum Gasteiger partial charge on any atom is -0.379 e. The first-order valence-electron chi connectivity index (χ1n) is 7.04. The van der Waals surface area contributed by atoms with Crippen molar-refractivity contribution in [2.45, 2.75) is 25.8 Å². The van der Waals surface area contributed by atoms with Crippen molar-refractivity contribution in [2.75, 3.05) is 52.5 Å². The number of morpholine rings is 1. The summed E-state index contributed by atoms with van der Waals surface area (Å²) in [4.78, 5) is 5.21. The summed E-state index contributed by atoms with van der Waals surface area (Å²) in [7, 11) is 0. The topological polar surface area (TPSA) is 41.7 Å². The molecule has 2 fully saturated rings. The van der Waals surface area contributed by atoms with Gasteiger partial charge in [0.25, 0.3) is 0 Å². The number of rotatable bonds is 5. The van der Waals surface area contributed by atoms with E-state index in [1.54, 1.807) is 0 Å². The number of nitrogens with two attached hydrogens (primary N) is 1. The number of likely N-dealkylation sites (tertiary alicyclic amines) is 1. The fourth-order valence-corrected chi connectivity index (χ4v) is 2.78. The van der Waals surface area contributed by atoms with E-state index in [1.807, 2.05) is 0 Å². The van der Waals surface area contributed by atoms with E-state index in [-0.39, 0.29) is 0 Å². The van der Waals surface area contributed by atoms with Gasteiger partial charge in [0.2, 0.25) is 0 Å². The third kappa shape index (κ3) is 3.91. The van der Waals surface area contributed by atoms with Gasteiger partial charge in [-0.05, 0) is 38.4 Å². The van der Waals surface area contributed by atoms with Crippen LogP contribution in [-0.4, -0.2) is 68.3 Å². The van der Waals surface area contributed by atoms with Gasteiger partial charge in [0.05, 0.1) is 13.2 Å². The summed E-state index contributed by atoms with van der Waals surface area (Å²) in [5, 5.41) is 0. The van der Waals surface area contributed by atoms with E-state index in [2.05, 4.69) is 16.7 Å². The third-order valence-corrected chi connectivity index (χ3v) is 4.15. The van der Waals surface area contributed by atoms with Crippen LogP contribution in [0.5, 0.6) is 0 Å². The summed E-state index contributed by atoms with van der Waals surface area (Å²) in [6, 6.07) is 0.770. The number of nitrogens with zero attached hydrogens (tertiary/aromatic N) is 2. The molecule has 2 atom stereocenters. The van der Waals surface area contributed by atoms with Crippen molar-refractivity contribution in [3.63, 3.8) is 0 Å². The standard InChI is InChI=1S/C13H27N3O/c1-12(10-14)2-4-15-5-3-13(11-15)16-6-8-17-9-7-16/h12-13H,2-11,14H2,1H3. The largest absolute Gasteiger partial charge is 0.379 e. The first-order chi connectivity index (χ1) is 8.29. The van der Waals surface area contributed by atoms with E-state index in [1.165, 1.54) is 32.5 Å². The van der Waals surface area contributed by atoms with Crippen molar-refractivity contribution in [2.24, 2.45) is 11.7 Å². The quantitative estimate of drug-likeness (QED) is 0.755. The number of hydrogen-bond donors (Lipinski definition) is 1. The van der Waals surface area contributed by atoms with Crippen LogP contribution in [0.25, 0.3) is 0 Å². The van der Waals surface area contributed by atoms with Gasteiger partial charge in [0.15, 0.2) is 0 Å². The zero-order valence-electron chi connectivity index (χ0n) is 11.1. The molecule has 2 saturated heterocycles. The Labute approximate surface area is 105 Å². The lowest BCUT2D eigenvalue weighted by atomic mass is 10.1. The predicted octanol–water partition coefficient (Wildman–Crippen LogP) is 0.378. The van der Waals surface area contributed by atoms with Gasteiger partial charge in [-0.15, -0.1) is 0 Å². The van der Waals surface area contributed by atoms with Crippen LogP contribution in [0.3, 0.4) is 0 Å². The van der Waals surface area contributed by atoms with Gasteiger partial charge in [-0.2, -0.15) is 0 Å². The summed E-state index contributed by atoms with van der Waals surface area (Å²) >= 11 is 0. The molecule has 2 N–H and O–H groups in total. The highest BCUT2D eigenvalue weighted by atomic mass is 16.5. The maximum Gasteiger partial charge on any atom is 0.0594 e. The summed E-state index contributed by atoms with van der Waals surface area (Å²) < 4.78 is 5.41. The second-order valence-electron chi connectivity index (χ2n) is 5.52. The normalized spacial score (nSPS) is 29.6. The van der Waals surface area contributed by atoms with Crippen LogP contribution < -0.4 is 5.73 Å². The third-order valence-electron chi connectivity index (χ3n) is 4.15. The Morgan fingerprint density at radius 3 is 2.76 bits per heavy atom. The van der Waals surface area contributed by atoms with E-state index < -0.39 is 0 Å². The average molecular weight is 241 g/mol. The van der Waals surface area contributed by atoms with Crippen LogP contribution in [0.2, 0.25) is 0 Å². The van der Waals surface area contributed by atoms with Crippen molar-refractivity contribution < 1.29 is 4.74 Å². The summed E-state index contributed by atoms with van der Waals surface area (Å²) in [6.07, 6.45) is 2.57. The molecule has 4 heteroatoms. The fourth-order valence-electron chi connectivity index (χ4n) is 2.78. The zero-order valence-corrected chi connectivity index (χ0v) is 11.1. The van der Waals surface area contributed by atoms with Crippen molar-refractivity contribution in [3.8, 4) is 0 Å². The van der Waals surface area contributed by atoms with Gasteiger partial charge in [0.1, 0.15) is 0 Å². The van der Waals surface area contributed by atoms with Gasteiger partial charge >= 0.3 is 0 Å². The molecule has 0 aromatic heterocycles. The number of hydrogen-bond acceptors (Lipinski definition) is 4. The number of ether oxygens (including phenoxy) is 1. The summed E-state index contributed by atoms with van der Waals surface area (Å²) in [5.74, 6) is 0.664. The molecule has 0 spiro atoms. The summed E-state index contributed by atoms with van der Waals surface area (Å²) in [5.41, 5.74) is 5.66. The average Bonchev–Trinajstić information content (AvgIpc) is 2.86. The molecule has 2 aliphatic rings. The molecule has 2 rings (SSSR count). The van der Waals surface area contributed by atoms with Gasteiger partial charge in [-0.25, -0.2) is 0 Å². The van der Waals surface area contributed by atoms with E-state index in [9.17, 15) is 0 Å². The molecule has 0 bridgehead atoms. The Morgan fingerprint density at radius 2 is 2.06 bits per heavy atom. The Hall–Kier alpha value is -0.160. The van der Waals surface area contributed by atoms with Gasteiger partial charge < -0.3 is 15.4 Å². The van der Waals surface area contributed by atoms with Crippen LogP contribution >= 0.6 is 0 Å². The lowest BCUT2D eigenvalue weighted by molar-refractivity contribution is 0.0184. The Balaban J connectivity index is 1.67. The highest BCUT2D eigenvalue weighted by Crippen LogP contribution is 2.17. The molecular formula is C13H27N3O. The highest BCUT2D eigenvalue weighted by Gasteiger charge is 2.28. The van der Waals surface area contributed by atoms with Crippen LogP contribution in [0.4, 0.5) is 0 Å². The van der Waals surface area contributed by atoms with Crippen LogP contribution in [0.1, 0.15) is 19.8 Å². The second kappa shape index (κ2) is 6.69. The molecule has 2 unspecified atom stereocenters. The predicted molar refractivity (Wildman–Crippen MR) is 70.1 cm³/mol. The SMILES string of the molecule is CC(CN)CCN1CCC(N2CCOCC2)C1. The molecule has 4 nitrogen and oxygen atoms in total. The minimum absolute atomic E-state index is 0.664. The van der Waals surface area contributed by atoms with Crippen molar-refractivity contribution in [1.82, 2.24) is 9.80 Å². The smallest absolute Gasteiger partial charge is 0.0594 e. The lowest BCUT2D eigenvalue weighted by Crippen LogP contribution is -2.44. The molecule has 0 aliphatic carbocycles. The summed E-state index contributed by atoms with van der Waals surface area (Å²) in [6.45, 7) is 10.9. The first-order valence-corrected chi connectivity index (χ1v) is 7.04. The van der Waals surface area contributed by atoms with E-state index in [0.717, 1.165) is 38.9 Å². The second-order valence-corrected chi connectivity index (χ2v) is 5.52. The molecular weight excluding hydrogens is 214 g/mol. The molecule has 0 aromatic carbocycles. The maximum absolute atomic E-state index is 5.66. The van der Waals surface area contributed by atoms with Gasteiger partial charge in [-0.3, -0.25) is 4.90 Å². The van der Waals surface area contributed by atoms with E-state index in [4.69, 9.17) is 10.5 Å². The van der Waals surface area contributed by atoms with E-state index >= 15 is 0 Å². The Bertz CT molecular complexity index is 219. The Kier molecular flexibility index (Phi) is 5.22. The van der Waals surface area contributed by atoms with Crippen molar-refractivity contribution in [3.05, 3.63) is 0 Å². The van der Waals surface area contributed by atoms with Crippen LogP contribution in [0, 0.1) is 5.92 Å². The molecule has 0 radical (unpaired) electrons. The molecule has 100 valence electrons. The first kappa shape index (κ1) is 13.3. The lowest BCUT2D eigenvalue weighted by Gasteiger charge is -2.32. The van der Waals surface area contributed by atoms with Crippen LogP contribution in [0.15, 0.2) is 0 Å². The molecule has 0 saturated carbocycles. The molecule has 2 heterocycles. The monoisotopic (exact) mass is 241 g/mol.